The zero-order chi connectivity index (χ0) is 15.7. The maximum atomic E-state index is 12.6. The minimum absolute atomic E-state index is 0.178. The van der Waals surface area contributed by atoms with Gasteiger partial charge in [0.1, 0.15) is 11.4 Å². The van der Waals surface area contributed by atoms with E-state index in [1.807, 2.05) is 61.3 Å². The smallest absolute Gasteiger partial charge is 0.261 e. The number of aromatic nitrogens is 3. The standard InChI is InChI=1S/C16H15BrN4O/c1-11-9-12(17)5-6-14(11)19-15(22)13-10-18-20(2)16(13)21-7-3-4-8-21/h3-10H,1-2H3,(H,19,22). The van der Waals surface area contributed by atoms with Crippen molar-refractivity contribution in [2.24, 2.45) is 7.05 Å². The first-order valence-electron chi connectivity index (χ1n) is 6.79. The number of benzene rings is 1. The lowest BCUT2D eigenvalue weighted by atomic mass is 10.2. The van der Waals surface area contributed by atoms with Gasteiger partial charge >= 0.3 is 0 Å². The van der Waals surface area contributed by atoms with E-state index in [-0.39, 0.29) is 5.91 Å². The Balaban J connectivity index is 1.93. The number of amides is 1. The molecule has 6 heteroatoms. The number of hydrogen-bond donors (Lipinski definition) is 1. The van der Waals surface area contributed by atoms with Crippen LogP contribution in [0.15, 0.2) is 53.4 Å². The first kappa shape index (κ1) is 14.6. The summed E-state index contributed by atoms with van der Waals surface area (Å²) < 4.78 is 4.54. The van der Waals surface area contributed by atoms with Crippen LogP contribution in [0.25, 0.3) is 5.82 Å². The van der Waals surface area contributed by atoms with Gasteiger partial charge in [0.15, 0.2) is 0 Å². The van der Waals surface area contributed by atoms with Crippen molar-refractivity contribution < 1.29 is 4.79 Å². The number of anilines is 1. The van der Waals surface area contributed by atoms with Crippen LogP contribution in [0.2, 0.25) is 0 Å². The van der Waals surface area contributed by atoms with E-state index in [0.717, 1.165) is 21.5 Å². The zero-order valence-electron chi connectivity index (χ0n) is 12.2. The molecule has 0 aliphatic heterocycles. The maximum absolute atomic E-state index is 12.6. The van der Waals surface area contributed by atoms with Gasteiger partial charge in [-0.05, 0) is 42.8 Å². The van der Waals surface area contributed by atoms with Crippen molar-refractivity contribution in [1.82, 2.24) is 14.3 Å². The fourth-order valence-corrected chi connectivity index (χ4v) is 2.81. The van der Waals surface area contributed by atoms with Gasteiger partial charge in [-0.2, -0.15) is 5.10 Å². The van der Waals surface area contributed by atoms with Crippen molar-refractivity contribution in [2.45, 2.75) is 6.92 Å². The van der Waals surface area contributed by atoms with Gasteiger partial charge in [0.25, 0.3) is 5.91 Å². The summed E-state index contributed by atoms with van der Waals surface area (Å²) in [6, 6.07) is 9.56. The summed E-state index contributed by atoms with van der Waals surface area (Å²) in [5.41, 5.74) is 2.31. The molecule has 0 atom stereocenters. The van der Waals surface area contributed by atoms with E-state index in [0.29, 0.717) is 5.56 Å². The number of hydrogen-bond acceptors (Lipinski definition) is 2. The minimum atomic E-state index is -0.178. The molecule has 0 unspecified atom stereocenters. The third kappa shape index (κ3) is 2.69. The molecule has 1 aromatic carbocycles. The van der Waals surface area contributed by atoms with Crippen molar-refractivity contribution in [2.75, 3.05) is 5.32 Å². The molecule has 5 nitrogen and oxygen atoms in total. The minimum Gasteiger partial charge on any atom is -0.322 e. The summed E-state index contributed by atoms with van der Waals surface area (Å²) in [7, 11) is 1.82. The second-order valence-corrected chi connectivity index (χ2v) is 5.92. The number of nitrogens with one attached hydrogen (secondary N) is 1. The fraction of sp³-hybridized carbons (Fsp3) is 0.125. The normalized spacial score (nSPS) is 10.7. The molecule has 22 heavy (non-hydrogen) atoms. The average Bonchev–Trinajstić information content (AvgIpc) is 3.10. The predicted octanol–water partition coefficient (Wildman–Crippen LogP) is 3.53. The molecule has 0 bridgehead atoms. The van der Waals surface area contributed by atoms with E-state index in [1.165, 1.54) is 0 Å². The molecule has 1 N–H and O–H groups in total. The lowest BCUT2D eigenvalue weighted by Gasteiger charge is -2.10. The van der Waals surface area contributed by atoms with Gasteiger partial charge < -0.3 is 9.88 Å². The van der Waals surface area contributed by atoms with Gasteiger partial charge in [0.05, 0.1) is 6.20 Å². The summed E-state index contributed by atoms with van der Waals surface area (Å²) in [6.45, 7) is 1.95. The topological polar surface area (TPSA) is 51.9 Å². The Labute approximate surface area is 136 Å². The molecular weight excluding hydrogens is 344 g/mol. The highest BCUT2D eigenvalue weighted by Gasteiger charge is 2.18. The molecule has 0 spiro atoms. The van der Waals surface area contributed by atoms with Crippen LogP contribution in [-0.4, -0.2) is 20.3 Å². The number of rotatable bonds is 3. The van der Waals surface area contributed by atoms with E-state index in [1.54, 1.807) is 10.9 Å². The van der Waals surface area contributed by atoms with Crippen LogP contribution in [0.5, 0.6) is 0 Å². The van der Waals surface area contributed by atoms with Gasteiger partial charge in [-0.1, -0.05) is 15.9 Å². The monoisotopic (exact) mass is 358 g/mol. The molecule has 0 fully saturated rings. The van der Waals surface area contributed by atoms with Crippen LogP contribution in [0.3, 0.4) is 0 Å². The second-order valence-electron chi connectivity index (χ2n) is 5.01. The van der Waals surface area contributed by atoms with Gasteiger partial charge in [0, 0.05) is 29.6 Å². The molecule has 0 aliphatic carbocycles. The van der Waals surface area contributed by atoms with Crippen LogP contribution in [0.1, 0.15) is 15.9 Å². The third-order valence-electron chi connectivity index (χ3n) is 3.44. The van der Waals surface area contributed by atoms with Gasteiger partial charge in [-0.15, -0.1) is 0 Å². The first-order valence-corrected chi connectivity index (χ1v) is 7.58. The zero-order valence-corrected chi connectivity index (χ0v) is 13.8. The molecule has 2 heterocycles. The highest BCUT2D eigenvalue weighted by atomic mass is 79.9. The van der Waals surface area contributed by atoms with Crippen LogP contribution >= 0.6 is 15.9 Å². The van der Waals surface area contributed by atoms with Crippen molar-refractivity contribution in [3.8, 4) is 5.82 Å². The van der Waals surface area contributed by atoms with E-state index in [2.05, 4.69) is 26.3 Å². The van der Waals surface area contributed by atoms with Crippen molar-refractivity contribution in [1.29, 1.82) is 0 Å². The summed E-state index contributed by atoms with van der Waals surface area (Å²) in [5.74, 6) is 0.555. The lowest BCUT2D eigenvalue weighted by molar-refractivity contribution is 0.102. The SMILES string of the molecule is Cc1cc(Br)ccc1NC(=O)c1cnn(C)c1-n1cccc1. The first-order chi connectivity index (χ1) is 10.6. The highest BCUT2D eigenvalue weighted by molar-refractivity contribution is 9.10. The summed E-state index contributed by atoms with van der Waals surface area (Å²) in [5, 5.41) is 7.14. The maximum Gasteiger partial charge on any atom is 0.261 e. The van der Waals surface area contributed by atoms with Crippen molar-refractivity contribution in [3.05, 3.63) is 64.5 Å². The Kier molecular flexibility index (Phi) is 3.85. The number of carbonyl (C=O) groups is 1. The average molecular weight is 359 g/mol. The van der Waals surface area contributed by atoms with Crippen molar-refractivity contribution >= 4 is 27.5 Å². The number of nitrogens with zero attached hydrogens (tertiary/aromatic N) is 3. The Hall–Kier alpha value is -2.34. The van der Waals surface area contributed by atoms with Crippen molar-refractivity contribution in [3.63, 3.8) is 0 Å². The fourth-order valence-electron chi connectivity index (χ4n) is 2.33. The third-order valence-corrected chi connectivity index (χ3v) is 3.93. The van der Waals surface area contributed by atoms with E-state index in [9.17, 15) is 4.79 Å². The molecule has 3 aromatic rings. The van der Waals surface area contributed by atoms with E-state index in [4.69, 9.17) is 0 Å². The number of aryl methyl sites for hydroxylation is 2. The Morgan fingerprint density at radius 1 is 1.27 bits per heavy atom. The van der Waals surface area contributed by atoms with Gasteiger partial charge in [-0.3, -0.25) is 9.48 Å². The van der Waals surface area contributed by atoms with Crippen LogP contribution < -0.4 is 5.32 Å². The summed E-state index contributed by atoms with van der Waals surface area (Å²) >= 11 is 3.42. The van der Waals surface area contributed by atoms with E-state index >= 15 is 0 Å². The summed E-state index contributed by atoms with van der Waals surface area (Å²) in [4.78, 5) is 12.6. The summed E-state index contributed by atoms with van der Waals surface area (Å²) in [6.07, 6.45) is 5.36. The van der Waals surface area contributed by atoms with Crippen LogP contribution in [0.4, 0.5) is 5.69 Å². The Morgan fingerprint density at radius 3 is 2.68 bits per heavy atom. The molecule has 0 saturated heterocycles. The van der Waals surface area contributed by atoms with Crippen LogP contribution in [0, 0.1) is 6.92 Å². The predicted molar refractivity (Wildman–Crippen MR) is 89.4 cm³/mol. The van der Waals surface area contributed by atoms with Crippen LogP contribution in [-0.2, 0) is 7.05 Å². The molecular formula is C16H15BrN4O. The van der Waals surface area contributed by atoms with E-state index < -0.39 is 0 Å². The molecule has 0 saturated carbocycles. The quantitative estimate of drug-likeness (QED) is 0.778. The number of carbonyl (C=O) groups excluding carboxylic acids is 1. The molecule has 2 aromatic heterocycles. The molecule has 1 amide bonds. The lowest BCUT2D eigenvalue weighted by Crippen LogP contribution is -2.15. The van der Waals surface area contributed by atoms with Gasteiger partial charge in [0.2, 0.25) is 0 Å². The largest absolute Gasteiger partial charge is 0.322 e. The highest BCUT2D eigenvalue weighted by Crippen LogP contribution is 2.22. The van der Waals surface area contributed by atoms with Gasteiger partial charge in [-0.25, -0.2) is 0 Å². The number of halogens is 1. The second kappa shape index (κ2) is 5.81. The molecule has 0 radical (unpaired) electrons. The molecule has 3 rings (SSSR count). The Bertz CT molecular complexity index is 821. The molecule has 112 valence electrons. The Morgan fingerprint density at radius 2 is 2.00 bits per heavy atom. The molecule has 0 aliphatic rings.